The molecule has 0 saturated carbocycles. The molecule has 1 N–H and O–H groups in total. The molecule has 1 rings (SSSR count). The van der Waals surface area contributed by atoms with Crippen LogP contribution in [0.2, 0.25) is 0 Å². The van der Waals surface area contributed by atoms with E-state index < -0.39 is 0 Å². The van der Waals surface area contributed by atoms with Crippen LogP contribution in [0, 0.1) is 0 Å². The lowest BCUT2D eigenvalue weighted by Gasteiger charge is -2.30. The van der Waals surface area contributed by atoms with Crippen molar-refractivity contribution in [2.24, 2.45) is 0 Å². The smallest absolute Gasteiger partial charge is 0.0581 e. The third-order valence-electron chi connectivity index (χ3n) is 2.79. The average molecular weight is 194 g/mol. The molecule has 0 spiro atoms. The quantitative estimate of drug-likeness (QED) is 0.776. The summed E-state index contributed by atoms with van der Waals surface area (Å²) in [7, 11) is 1.67. The lowest BCUT2D eigenvalue weighted by atomic mass is 9.79. The van der Waals surface area contributed by atoms with Crippen LogP contribution >= 0.6 is 0 Å². The Morgan fingerprint density at radius 1 is 1.29 bits per heavy atom. The summed E-state index contributed by atoms with van der Waals surface area (Å²) >= 11 is 0. The second kappa shape index (κ2) is 5.13. The monoisotopic (exact) mass is 194 g/mol. The molecular weight excluding hydrogens is 176 g/mol. The number of ether oxygens (including phenoxy) is 1. The highest BCUT2D eigenvalue weighted by molar-refractivity contribution is 5.25. The molecule has 1 atom stereocenters. The van der Waals surface area contributed by atoms with E-state index in [0.29, 0.717) is 6.61 Å². The van der Waals surface area contributed by atoms with Crippen molar-refractivity contribution in [2.45, 2.75) is 18.8 Å². The Labute approximate surface area is 85.5 Å². The van der Waals surface area contributed by atoms with Crippen LogP contribution in [0.5, 0.6) is 0 Å². The average Bonchev–Trinajstić information content (AvgIpc) is 2.27. The molecule has 0 saturated heterocycles. The Hall–Kier alpha value is -0.860. The van der Waals surface area contributed by atoms with Crippen molar-refractivity contribution in [3.05, 3.63) is 35.9 Å². The zero-order chi connectivity index (χ0) is 10.4. The predicted octanol–water partition coefficient (Wildman–Crippen LogP) is 1.97. The van der Waals surface area contributed by atoms with Gasteiger partial charge in [-0.05, 0) is 12.0 Å². The van der Waals surface area contributed by atoms with E-state index in [9.17, 15) is 5.11 Å². The van der Waals surface area contributed by atoms with Gasteiger partial charge in [0, 0.05) is 12.5 Å². The highest BCUT2D eigenvalue weighted by Crippen LogP contribution is 2.27. The van der Waals surface area contributed by atoms with Crippen LogP contribution in [0.1, 0.15) is 18.9 Å². The molecule has 2 nitrogen and oxygen atoms in total. The van der Waals surface area contributed by atoms with Crippen LogP contribution < -0.4 is 0 Å². The molecular formula is C12H18O2. The molecule has 1 aromatic carbocycles. The van der Waals surface area contributed by atoms with Gasteiger partial charge in [-0.2, -0.15) is 0 Å². The van der Waals surface area contributed by atoms with Crippen molar-refractivity contribution in [2.75, 3.05) is 20.3 Å². The lowest BCUT2D eigenvalue weighted by molar-refractivity contribution is 0.0796. The van der Waals surface area contributed by atoms with E-state index in [4.69, 9.17) is 4.74 Å². The van der Waals surface area contributed by atoms with Gasteiger partial charge in [0.1, 0.15) is 0 Å². The van der Waals surface area contributed by atoms with Gasteiger partial charge in [-0.25, -0.2) is 0 Å². The summed E-state index contributed by atoms with van der Waals surface area (Å²) in [6.07, 6.45) is 0.876. The second-order valence-electron chi connectivity index (χ2n) is 3.59. The van der Waals surface area contributed by atoms with Crippen molar-refractivity contribution in [1.29, 1.82) is 0 Å². The molecule has 0 fully saturated rings. The van der Waals surface area contributed by atoms with Gasteiger partial charge in [-0.3, -0.25) is 0 Å². The van der Waals surface area contributed by atoms with Gasteiger partial charge >= 0.3 is 0 Å². The molecule has 78 valence electrons. The fraction of sp³-hybridized carbons (Fsp3) is 0.500. The van der Waals surface area contributed by atoms with Crippen molar-refractivity contribution in [3.63, 3.8) is 0 Å². The molecule has 0 aliphatic carbocycles. The van der Waals surface area contributed by atoms with Crippen LogP contribution in [0.25, 0.3) is 0 Å². The molecule has 1 unspecified atom stereocenters. The van der Waals surface area contributed by atoms with Crippen LogP contribution in [0.4, 0.5) is 0 Å². The summed E-state index contributed by atoms with van der Waals surface area (Å²) < 4.78 is 5.18. The summed E-state index contributed by atoms with van der Waals surface area (Å²) in [5, 5.41) is 9.48. The summed E-state index contributed by atoms with van der Waals surface area (Å²) in [6, 6.07) is 10.0. The fourth-order valence-electron chi connectivity index (χ4n) is 1.71. The van der Waals surface area contributed by atoms with Crippen LogP contribution in [-0.2, 0) is 10.2 Å². The first-order valence-corrected chi connectivity index (χ1v) is 4.94. The zero-order valence-corrected chi connectivity index (χ0v) is 8.86. The first-order chi connectivity index (χ1) is 6.79. The maximum Gasteiger partial charge on any atom is 0.0581 e. The van der Waals surface area contributed by atoms with Crippen molar-refractivity contribution >= 4 is 0 Å². The van der Waals surface area contributed by atoms with E-state index in [1.54, 1.807) is 7.11 Å². The summed E-state index contributed by atoms with van der Waals surface area (Å²) in [6.45, 7) is 2.76. The van der Waals surface area contributed by atoms with E-state index in [1.807, 2.05) is 30.3 Å². The fourth-order valence-corrected chi connectivity index (χ4v) is 1.71. The predicted molar refractivity (Wildman–Crippen MR) is 57.4 cm³/mol. The van der Waals surface area contributed by atoms with E-state index in [0.717, 1.165) is 12.0 Å². The molecule has 14 heavy (non-hydrogen) atoms. The normalized spacial score (nSPS) is 15.1. The van der Waals surface area contributed by atoms with E-state index in [1.165, 1.54) is 0 Å². The van der Waals surface area contributed by atoms with E-state index in [-0.39, 0.29) is 12.0 Å². The molecule has 0 amide bonds. The van der Waals surface area contributed by atoms with Gasteiger partial charge in [0.05, 0.1) is 13.2 Å². The van der Waals surface area contributed by atoms with Crippen LogP contribution in [0.15, 0.2) is 30.3 Å². The Morgan fingerprint density at radius 3 is 2.36 bits per heavy atom. The van der Waals surface area contributed by atoms with Gasteiger partial charge in [-0.15, -0.1) is 0 Å². The van der Waals surface area contributed by atoms with Gasteiger partial charge < -0.3 is 9.84 Å². The Balaban J connectivity index is 2.98. The Bertz CT molecular complexity index is 252. The standard InChI is InChI=1S/C12H18O2/c1-3-12(9-13,10-14-2)11-7-5-4-6-8-11/h4-8,13H,3,9-10H2,1-2H3. The molecule has 0 radical (unpaired) electrons. The van der Waals surface area contributed by atoms with Crippen LogP contribution in [0.3, 0.4) is 0 Å². The Kier molecular flexibility index (Phi) is 4.11. The second-order valence-corrected chi connectivity index (χ2v) is 3.59. The number of aliphatic hydroxyl groups excluding tert-OH is 1. The number of methoxy groups -OCH3 is 1. The van der Waals surface area contributed by atoms with Gasteiger partial charge in [0.15, 0.2) is 0 Å². The third-order valence-corrected chi connectivity index (χ3v) is 2.79. The van der Waals surface area contributed by atoms with Crippen LogP contribution in [-0.4, -0.2) is 25.4 Å². The number of hydrogen-bond acceptors (Lipinski definition) is 2. The summed E-state index contributed by atoms with van der Waals surface area (Å²) in [4.78, 5) is 0. The summed E-state index contributed by atoms with van der Waals surface area (Å²) in [5.74, 6) is 0. The number of aliphatic hydroxyl groups is 1. The molecule has 0 aliphatic heterocycles. The minimum absolute atomic E-state index is 0.126. The van der Waals surface area contributed by atoms with Crippen molar-refractivity contribution < 1.29 is 9.84 Å². The molecule has 1 aromatic rings. The van der Waals surface area contributed by atoms with E-state index in [2.05, 4.69) is 6.92 Å². The minimum atomic E-state index is -0.240. The molecule has 2 heteroatoms. The van der Waals surface area contributed by atoms with E-state index >= 15 is 0 Å². The number of rotatable bonds is 5. The Morgan fingerprint density at radius 2 is 1.93 bits per heavy atom. The highest BCUT2D eigenvalue weighted by Gasteiger charge is 2.29. The topological polar surface area (TPSA) is 29.5 Å². The molecule has 0 bridgehead atoms. The maximum atomic E-state index is 9.48. The summed E-state index contributed by atoms with van der Waals surface area (Å²) in [5.41, 5.74) is 0.905. The van der Waals surface area contributed by atoms with Gasteiger partial charge in [-0.1, -0.05) is 37.3 Å². The first-order valence-electron chi connectivity index (χ1n) is 4.94. The molecule has 0 aromatic heterocycles. The number of benzene rings is 1. The van der Waals surface area contributed by atoms with Crippen molar-refractivity contribution in [3.8, 4) is 0 Å². The van der Waals surface area contributed by atoms with Gasteiger partial charge in [0.25, 0.3) is 0 Å². The first kappa shape index (κ1) is 11.2. The molecule has 0 aliphatic rings. The number of hydrogen-bond donors (Lipinski definition) is 1. The SMILES string of the molecule is CCC(CO)(COC)c1ccccc1. The van der Waals surface area contributed by atoms with Crippen molar-refractivity contribution in [1.82, 2.24) is 0 Å². The zero-order valence-electron chi connectivity index (χ0n) is 8.86. The largest absolute Gasteiger partial charge is 0.395 e. The lowest BCUT2D eigenvalue weighted by Crippen LogP contribution is -2.34. The third kappa shape index (κ3) is 2.14. The molecule has 0 heterocycles. The maximum absolute atomic E-state index is 9.48. The van der Waals surface area contributed by atoms with Gasteiger partial charge in [0.2, 0.25) is 0 Å². The highest BCUT2D eigenvalue weighted by atomic mass is 16.5. The minimum Gasteiger partial charge on any atom is -0.395 e.